The molecule has 1 aliphatic heterocycles. The number of ether oxygens (including phenoxy) is 2. The molecule has 0 N–H and O–H groups in total. The van der Waals surface area contributed by atoms with Gasteiger partial charge in [0.15, 0.2) is 0 Å². The van der Waals surface area contributed by atoms with Crippen LogP contribution < -0.4 is 9.47 Å². The standard InChI is InChI=1S/C22H25FN2O5S/c1-16(17-4-6-18(23)7-5-17)14-22(26)24-10-12-25(13-11-24)31(27,28)21-15-19(29-2)8-9-20(21)30-3/h4-9,14-15H,10-13H2,1-3H3/b16-14-. The Morgan fingerprint density at radius 1 is 1.00 bits per heavy atom. The third kappa shape index (κ3) is 5.05. The lowest BCUT2D eigenvalue weighted by Gasteiger charge is -2.33. The summed E-state index contributed by atoms with van der Waals surface area (Å²) in [4.78, 5) is 14.3. The molecule has 2 aromatic rings. The number of hydrogen-bond acceptors (Lipinski definition) is 5. The summed E-state index contributed by atoms with van der Waals surface area (Å²) >= 11 is 0. The van der Waals surface area contributed by atoms with Gasteiger partial charge >= 0.3 is 0 Å². The molecule has 1 amide bonds. The average Bonchev–Trinajstić information content (AvgIpc) is 2.79. The van der Waals surface area contributed by atoms with Gasteiger partial charge in [0, 0.05) is 38.3 Å². The fourth-order valence-corrected chi connectivity index (χ4v) is 4.94. The second kappa shape index (κ2) is 9.49. The lowest BCUT2D eigenvalue weighted by atomic mass is 10.1. The first-order chi connectivity index (χ1) is 14.8. The van der Waals surface area contributed by atoms with Crippen molar-refractivity contribution in [3.63, 3.8) is 0 Å². The average molecular weight is 449 g/mol. The third-order valence-electron chi connectivity index (χ3n) is 5.18. The maximum absolute atomic E-state index is 13.1. The van der Waals surface area contributed by atoms with Crippen LogP contribution in [0.4, 0.5) is 4.39 Å². The Morgan fingerprint density at radius 3 is 2.23 bits per heavy atom. The summed E-state index contributed by atoms with van der Waals surface area (Å²) < 4.78 is 51.1. The monoisotopic (exact) mass is 448 g/mol. The summed E-state index contributed by atoms with van der Waals surface area (Å²) in [6.07, 6.45) is 1.49. The first-order valence-electron chi connectivity index (χ1n) is 9.71. The molecule has 166 valence electrons. The molecule has 0 radical (unpaired) electrons. The zero-order chi connectivity index (χ0) is 22.6. The van der Waals surface area contributed by atoms with Gasteiger partial charge in [0.25, 0.3) is 0 Å². The first kappa shape index (κ1) is 22.8. The summed E-state index contributed by atoms with van der Waals surface area (Å²) in [7, 11) is -0.945. The second-order valence-electron chi connectivity index (χ2n) is 7.08. The maximum Gasteiger partial charge on any atom is 0.247 e. The fraction of sp³-hybridized carbons (Fsp3) is 0.318. The van der Waals surface area contributed by atoms with Crippen molar-refractivity contribution < 1.29 is 27.1 Å². The molecule has 0 saturated carbocycles. The van der Waals surface area contributed by atoms with Crippen LogP contribution in [0.15, 0.2) is 53.4 Å². The molecule has 2 aromatic carbocycles. The number of piperazine rings is 1. The Morgan fingerprint density at radius 2 is 1.65 bits per heavy atom. The predicted octanol–water partition coefficient (Wildman–Crippen LogP) is 2.78. The molecule has 0 aromatic heterocycles. The van der Waals surface area contributed by atoms with Crippen LogP contribution in [0.5, 0.6) is 11.5 Å². The van der Waals surface area contributed by atoms with E-state index in [9.17, 15) is 17.6 Å². The van der Waals surface area contributed by atoms with Crippen molar-refractivity contribution in [3.05, 3.63) is 59.9 Å². The van der Waals surface area contributed by atoms with Crippen LogP contribution >= 0.6 is 0 Å². The van der Waals surface area contributed by atoms with Crippen molar-refractivity contribution in [3.8, 4) is 11.5 Å². The van der Waals surface area contributed by atoms with Gasteiger partial charge in [0.1, 0.15) is 22.2 Å². The predicted molar refractivity (Wildman–Crippen MR) is 115 cm³/mol. The first-order valence-corrected chi connectivity index (χ1v) is 11.2. The minimum absolute atomic E-state index is 0.0289. The summed E-state index contributed by atoms with van der Waals surface area (Å²) in [6.45, 7) is 2.63. The minimum atomic E-state index is -3.82. The van der Waals surface area contributed by atoms with Crippen molar-refractivity contribution in [1.29, 1.82) is 0 Å². The van der Waals surface area contributed by atoms with Gasteiger partial charge in [-0.3, -0.25) is 4.79 Å². The number of amides is 1. The molecular weight excluding hydrogens is 423 g/mol. The highest BCUT2D eigenvalue weighted by Crippen LogP contribution is 2.31. The fourth-order valence-electron chi connectivity index (χ4n) is 3.35. The number of allylic oxidation sites excluding steroid dienone is 1. The van der Waals surface area contributed by atoms with Gasteiger partial charge in [0.05, 0.1) is 14.2 Å². The highest BCUT2D eigenvalue weighted by Gasteiger charge is 2.32. The van der Waals surface area contributed by atoms with E-state index in [1.54, 1.807) is 36.1 Å². The molecule has 3 rings (SSSR count). The molecule has 7 nitrogen and oxygen atoms in total. The van der Waals surface area contributed by atoms with E-state index >= 15 is 0 Å². The maximum atomic E-state index is 13.1. The SMILES string of the molecule is COc1ccc(OC)c(S(=O)(=O)N2CCN(C(=O)/C=C(/C)c3ccc(F)cc3)CC2)c1. The largest absolute Gasteiger partial charge is 0.497 e. The van der Waals surface area contributed by atoms with Gasteiger partial charge in [-0.05, 0) is 42.3 Å². The number of rotatable bonds is 6. The number of nitrogens with zero attached hydrogens (tertiary/aromatic N) is 2. The highest BCUT2D eigenvalue weighted by molar-refractivity contribution is 7.89. The number of methoxy groups -OCH3 is 2. The van der Waals surface area contributed by atoms with Crippen LogP contribution in [0.1, 0.15) is 12.5 Å². The van der Waals surface area contributed by atoms with Crippen LogP contribution in [0.2, 0.25) is 0 Å². The molecule has 1 saturated heterocycles. The minimum Gasteiger partial charge on any atom is -0.497 e. The molecule has 0 aliphatic carbocycles. The van der Waals surface area contributed by atoms with Crippen LogP contribution in [0.3, 0.4) is 0 Å². The lowest BCUT2D eigenvalue weighted by molar-refractivity contribution is -0.127. The summed E-state index contributed by atoms with van der Waals surface area (Å²) in [5, 5.41) is 0. The lowest BCUT2D eigenvalue weighted by Crippen LogP contribution is -2.50. The molecular formula is C22H25FN2O5S. The van der Waals surface area contributed by atoms with Gasteiger partial charge < -0.3 is 14.4 Å². The van der Waals surface area contributed by atoms with E-state index in [2.05, 4.69) is 0 Å². The number of benzene rings is 2. The van der Waals surface area contributed by atoms with Crippen molar-refractivity contribution in [1.82, 2.24) is 9.21 Å². The Bertz CT molecular complexity index is 1080. The molecule has 0 atom stereocenters. The van der Waals surface area contributed by atoms with Crippen molar-refractivity contribution in [2.75, 3.05) is 40.4 Å². The van der Waals surface area contributed by atoms with Gasteiger partial charge in [-0.1, -0.05) is 12.1 Å². The zero-order valence-corrected chi connectivity index (χ0v) is 18.5. The van der Waals surface area contributed by atoms with Gasteiger partial charge in [-0.15, -0.1) is 0 Å². The van der Waals surface area contributed by atoms with E-state index in [-0.39, 0.29) is 48.5 Å². The van der Waals surface area contributed by atoms with E-state index in [4.69, 9.17) is 9.47 Å². The smallest absolute Gasteiger partial charge is 0.247 e. The van der Waals surface area contributed by atoms with E-state index in [0.717, 1.165) is 5.56 Å². The summed E-state index contributed by atoms with van der Waals surface area (Å²) in [6, 6.07) is 10.5. The Balaban J connectivity index is 1.71. The highest BCUT2D eigenvalue weighted by atomic mass is 32.2. The third-order valence-corrected chi connectivity index (χ3v) is 7.10. The van der Waals surface area contributed by atoms with E-state index < -0.39 is 10.0 Å². The Hall–Kier alpha value is -2.91. The van der Waals surface area contributed by atoms with Crippen LogP contribution in [-0.4, -0.2) is 63.9 Å². The van der Waals surface area contributed by atoms with Crippen LogP contribution in [-0.2, 0) is 14.8 Å². The van der Waals surface area contributed by atoms with Crippen LogP contribution in [0, 0.1) is 5.82 Å². The van der Waals surface area contributed by atoms with Gasteiger partial charge in [-0.2, -0.15) is 4.31 Å². The molecule has 9 heteroatoms. The number of halogens is 1. The van der Waals surface area contributed by atoms with Crippen molar-refractivity contribution in [2.24, 2.45) is 0 Å². The van der Waals surface area contributed by atoms with E-state index in [0.29, 0.717) is 11.3 Å². The molecule has 0 spiro atoms. The quantitative estimate of drug-likeness (QED) is 0.636. The van der Waals surface area contributed by atoms with Gasteiger partial charge in [-0.25, -0.2) is 12.8 Å². The second-order valence-corrected chi connectivity index (χ2v) is 8.99. The van der Waals surface area contributed by atoms with Crippen molar-refractivity contribution in [2.45, 2.75) is 11.8 Å². The molecule has 1 heterocycles. The molecule has 0 bridgehead atoms. The van der Waals surface area contributed by atoms with Crippen LogP contribution in [0.25, 0.3) is 5.57 Å². The molecule has 31 heavy (non-hydrogen) atoms. The Kier molecular flexibility index (Phi) is 6.97. The molecule has 1 aliphatic rings. The van der Waals surface area contributed by atoms with E-state index in [1.807, 2.05) is 0 Å². The summed E-state index contributed by atoms with van der Waals surface area (Å²) in [5.74, 6) is 0.0949. The number of sulfonamides is 1. The zero-order valence-electron chi connectivity index (χ0n) is 17.7. The van der Waals surface area contributed by atoms with Gasteiger partial charge in [0.2, 0.25) is 15.9 Å². The normalized spacial score (nSPS) is 15.6. The topological polar surface area (TPSA) is 76.2 Å². The Labute approximate surface area is 181 Å². The molecule has 0 unspecified atom stereocenters. The number of carbonyl (C=O) groups excluding carboxylic acids is 1. The van der Waals surface area contributed by atoms with E-state index in [1.165, 1.54) is 42.8 Å². The van der Waals surface area contributed by atoms with Crippen molar-refractivity contribution >= 4 is 21.5 Å². The number of carbonyl (C=O) groups is 1. The summed E-state index contributed by atoms with van der Waals surface area (Å²) in [5.41, 5.74) is 1.46. The molecule has 1 fully saturated rings. The number of hydrogen-bond donors (Lipinski definition) is 0.